The second-order valence-electron chi connectivity index (χ2n) is 5.31. The minimum atomic E-state index is -0.581. The molecule has 1 N–H and O–H groups in total. The number of nitro benzene ring substituents is 1. The van der Waals surface area contributed by atoms with E-state index in [1.807, 2.05) is 32.0 Å². The molecule has 2 aromatic carbocycles. The highest BCUT2D eigenvalue weighted by atomic mass is 16.6. The van der Waals surface area contributed by atoms with Crippen LogP contribution in [0.5, 0.6) is 0 Å². The highest BCUT2D eigenvalue weighted by molar-refractivity contribution is 5.94. The summed E-state index contributed by atoms with van der Waals surface area (Å²) >= 11 is 0. The number of carbonyl (C=O) groups is 1. The van der Waals surface area contributed by atoms with Gasteiger partial charge in [-0.05, 0) is 43.2 Å². The Hall–Kier alpha value is -2.69. The standard InChI is InChI=1S/C17H18N2O3/c1-3-17(2,14-9-11-15(12-10-14)19(21)22)18-16(20)13-7-5-4-6-8-13/h4-12H,3H2,1-2H3,(H,18,20)/t17-/m0/s1. The predicted molar refractivity (Wildman–Crippen MR) is 84.6 cm³/mol. The molecule has 2 aromatic rings. The van der Waals surface area contributed by atoms with Gasteiger partial charge in [-0.25, -0.2) is 0 Å². The van der Waals surface area contributed by atoms with Gasteiger partial charge in [-0.1, -0.05) is 25.1 Å². The third kappa shape index (κ3) is 3.31. The van der Waals surface area contributed by atoms with E-state index in [1.54, 1.807) is 24.3 Å². The summed E-state index contributed by atoms with van der Waals surface area (Å²) < 4.78 is 0. The number of rotatable bonds is 5. The van der Waals surface area contributed by atoms with Gasteiger partial charge >= 0.3 is 0 Å². The van der Waals surface area contributed by atoms with Crippen LogP contribution in [0.4, 0.5) is 5.69 Å². The third-order valence-electron chi connectivity index (χ3n) is 3.85. The topological polar surface area (TPSA) is 72.2 Å². The first kappa shape index (κ1) is 15.7. The van der Waals surface area contributed by atoms with Crippen molar-refractivity contribution in [3.8, 4) is 0 Å². The fourth-order valence-electron chi connectivity index (χ4n) is 2.23. The number of nitro groups is 1. The number of carbonyl (C=O) groups excluding carboxylic acids is 1. The van der Waals surface area contributed by atoms with Crippen molar-refractivity contribution < 1.29 is 9.72 Å². The molecule has 0 radical (unpaired) electrons. The lowest BCUT2D eigenvalue weighted by atomic mass is 9.88. The van der Waals surface area contributed by atoms with E-state index >= 15 is 0 Å². The van der Waals surface area contributed by atoms with E-state index in [0.29, 0.717) is 12.0 Å². The van der Waals surface area contributed by atoms with Crippen LogP contribution in [-0.2, 0) is 5.54 Å². The number of hydrogen-bond donors (Lipinski definition) is 1. The Morgan fingerprint density at radius 3 is 2.23 bits per heavy atom. The molecule has 5 nitrogen and oxygen atoms in total. The summed E-state index contributed by atoms with van der Waals surface area (Å²) in [6, 6.07) is 15.3. The van der Waals surface area contributed by atoms with Crippen molar-refractivity contribution in [3.63, 3.8) is 0 Å². The Morgan fingerprint density at radius 2 is 1.73 bits per heavy atom. The van der Waals surface area contributed by atoms with Gasteiger partial charge in [0.05, 0.1) is 10.5 Å². The molecule has 0 saturated heterocycles. The van der Waals surface area contributed by atoms with Crippen LogP contribution >= 0.6 is 0 Å². The molecule has 0 spiro atoms. The maximum atomic E-state index is 12.3. The lowest BCUT2D eigenvalue weighted by Crippen LogP contribution is -2.43. The normalized spacial score (nSPS) is 13.2. The van der Waals surface area contributed by atoms with E-state index in [9.17, 15) is 14.9 Å². The molecule has 2 rings (SSSR count). The molecule has 0 aromatic heterocycles. The maximum Gasteiger partial charge on any atom is 0.269 e. The molecular weight excluding hydrogens is 280 g/mol. The Balaban J connectivity index is 2.24. The van der Waals surface area contributed by atoms with Crippen LogP contribution in [0.25, 0.3) is 0 Å². The van der Waals surface area contributed by atoms with Gasteiger partial charge in [0, 0.05) is 17.7 Å². The quantitative estimate of drug-likeness (QED) is 0.676. The molecule has 5 heteroatoms. The van der Waals surface area contributed by atoms with Gasteiger partial charge in [-0.15, -0.1) is 0 Å². The highest BCUT2D eigenvalue weighted by Gasteiger charge is 2.27. The van der Waals surface area contributed by atoms with Crippen LogP contribution < -0.4 is 5.32 Å². The molecule has 0 aliphatic heterocycles. The number of non-ortho nitro benzene ring substituents is 1. The molecule has 114 valence electrons. The van der Waals surface area contributed by atoms with Crippen LogP contribution in [0.15, 0.2) is 54.6 Å². The molecule has 0 heterocycles. The van der Waals surface area contributed by atoms with Crippen molar-refractivity contribution in [1.29, 1.82) is 0 Å². The number of nitrogens with zero attached hydrogens (tertiary/aromatic N) is 1. The van der Waals surface area contributed by atoms with Crippen molar-refractivity contribution >= 4 is 11.6 Å². The zero-order valence-corrected chi connectivity index (χ0v) is 12.6. The third-order valence-corrected chi connectivity index (χ3v) is 3.85. The first-order chi connectivity index (χ1) is 10.5. The van der Waals surface area contributed by atoms with Crippen LogP contribution in [0.3, 0.4) is 0 Å². The Morgan fingerprint density at radius 1 is 1.14 bits per heavy atom. The molecular formula is C17H18N2O3. The van der Waals surface area contributed by atoms with Gasteiger partial charge in [0.15, 0.2) is 0 Å². The predicted octanol–water partition coefficient (Wildman–Crippen LogP) is 3.65. The molecule has 1 atom stereocenters. The Labute approximate surface area is 129 Å². The lowest BCUT2D eigenvalue weighted by Gasteiger charge is -2.30. The molecule has 22 heavy (non-hydrogen) atoms. The zero-order chi connectivity index (χ0) is 16.2. The molecule has 1 amide bonds. The van der Waals surface area contributed by atoms with Crippen LogP contribution in [0, 0.1) is 10.1 Å². The van der Waals surface area contributed by atoms with Gasteiger partial charge in [0.2, 0.25) is 0 Å². The van der Waals surface area contributed by atoms with Crippen molar-refractivity contribution in [2.75, 3.05) is 0 Å². The number of benzene rings is 2. The highest BCUT2D eigenvalue weighted by Crippen LogP contribution is 2.26. The summed E-state index contributed by atoms with van der Waals surface area (Å²) in [4.78, 5) is 22.6. The van der Waals surface area contributed by atoms with Gasteiger partial charge in [-0.2, -0.15) is 0 Å². The molecule has 0 bridgehead atoms. The van der Waals surface area contributed by atoms with Gasteiger partial charge in [0.25, 0.3) is 11.6 Å². The SMILES string of the molecule is CC[C@](C)(NC(=O)c1ccccc1)c1ccc([N+](=O)[O-])cc1. The molecule has 0 fully saturated rings. The van der Waals surface area contributed by atoms with E-state index in [4.69, 9.17) is 0 Å². The summed E-state index contributed by atoms with van der Waals surface area (Å²) in [6.45, 7) is 3.88. The summed E-state index contributed by atoms with van der Waals surface area (Å²) in [5, 5.41) is 13.7. The molecule has 0 saturated carbocycles. The number of amides is 1. The van der Waals surface area contributed by atoms with Crippen LogP contribution in [0.1, 0.15) is 36.2 Å². The Bertz CT molecular complexity index is 668. The zero-order valence-electron chi connectivity index (χ0n) is 12.6. The second-order valence-corrected chi connectivity index (χ2v) is 5.31. The average molecular weight is 298 g/mol. The van der Waals surface area contributed by atoms with E-state index in [0.717, 1.165) is 5.56 Å². The second kappa shape index (κ2) is 6.39. The molecule has 0 unspecified atom stereocenters. The minimum Gasteiger partial charge on any atom is -0.343 e. The first-order valence-corrected chi connectivity index (χ1v) is 7.09. The van der Waals surface area contributed by atoms with Crippen LogP contribution in [-0.4, -0.2) is 10.8 Å². The lowest BCUT2D eigenvalue weighted by molar-refractivity contribution is -0.384. The summed E-state index contributed by atoms with van der Waals surface area (Å²) in [6.07, 6.45) is 0.670. The fourth-order valence-corrected chi connectivity index (χ4v) is 2.23. The van der Waals surface area contributed by atoms with Crippen molar-refractivity contribution in [3.05, 3.63) is 75.8 Å². The number of nitrogens with one attached hydrogen (secondary N) is 1. The summed E-state index contributed by atoms with van der Waals surface area (Å²) in [7, 11) is 0. The van der Waals surface area contributed by atoms with Crippen molar-refractivity contribution in [2.24, 2.45) is 0 Å². The summed E-state index contributed by atoms with van der Waals surface area (Å²) in [5.41, 5.74) is 0.882. The number of hydrogen-bond acceptors (Lipinski definition) is 3. The maximum absolute atomic E-state index is 12.3. The first-order valence-electron chi connectivity index (χ1n) is 7.09. The van der Waals surface area contributed by atoms with E-state index in [-0.39, 0.29) is 11.6 Å². The van der Waals surface area contributed by atoms with E-state index < -0.39 is 10.5 Å². The van der Waals surface area contributed by atoms with Gasteiger partial charge in [0.1, 0.15) is 0 Å². The molecule has 0 aliphatic rings. The Kier molecular flexibility index (Phi) is 4.56. The van der Waals surface area contributed by atoms with E-state index in [1.165, 1.54) is 12.1 Å². The minimum absolute atomic E-state index is 0.0385. The average Bonchev–Trinajstić information content (AvgIpc) is 2.55. The summed E-state index contributed by atoms with van der Waals surface area (Å²) in [5.74, 6) is -0.164. The van der Waals surface area contributed by atoms with Gasteiger partial charge in [-0.3, -0.25) is 14.9 Å². The largest absolute Gasteiger partial charge is 0.343 e. The smallest absolute Gasteiger partial charge is 0.269 e. The van der Waals surface area contributed by atoms with Gasteiger partial charge < -0.3 is 5.32 Å². The molecule has 0 aliphatic carbocycles. The van der Waals surface area contributed by atoms with Crippen molar-refractivity contribution in [2.45, 2.75) is 25.8 Å². The monoisotopic (exact) mass is 298 g/mol. The van der Waals surface area contributed by atoms with Crippen LogP contribution in [0.2, 0.25) is 0 Å². The van der Waals surface area contributed by atoms with Crippen molar-refractivity contribution in [1.82, 2.24) is 5.32 Å². The van der Waals surface area contributed by atoms with E-state index in [2.05, 4.69) is 5.32 Å². The fraction of sp³-hybridized carbons (Fsp3) is 0.235.